The minimum absolute atomic E-state index is 0.177. The number of esters is 1. The van der Waals surface area contributed by atoms with Crippen LogP contribution < -0.4 is 0 Å². The molecule has 0 unspecified atom stereocenters. The number of ether oxygens (including phenoxy) is 1. The van der Waals surface area contributed by atoms with E-state index in [0.29, 0.717) is 6.61 Å². The Morgan fingerprint density at radius 1 is 1.22 bits per heavy atom. The molecule has 98 valence electrons. The summed E-state index contributed by atoms with van der Waals surface area (Å²) in [5, 5.41) is 0. The maximum absolute atomic E-state index is 12.0. The zero-order chi connectivity index (χ0) is 13.6. The Kier molecular flexibility index (Phi) is 5.35. The van der Waals surface area contributed by atoms with Crippen molar-refractivity contribution in [3.8, 4) is 0 Å². The first-order valence-corrected chi connectivity index (χ1v) is 10.1. The van der Waals surface area contributed by atoms with Gasteiger partial charge in [-0.2, -0.15) is 0 Å². The molecule has 0 radical (unpaired) electrons. The SMILES string of the molecule is CCOC(=O)/C(=C/c1ccccc1)C[Si](C)(C)C. The molecule has 18 heavy (non-hydrogen) atoms. The lowest BCUT2D eigenvalue weighted by Crippen LogP contribution is -2.23. The topological polar surface area (TPSA) is 26.3 Å². The molecule has 0 spiro atoms. The molecule has 0 fully saturated rings. The average Bonchev–Trinajstić information content (AvgIpc) is 2.28. The first kappa shape index (κ1) is 14.7. The largest absolute Gasteiger partial charge is 0.463 e. The number of benzene rings is 1. The van der Waals surface area contributed by atoms with E-state index in [2.05, 4.69) is 19.6 Å². The van der Waals surface area contributed by atoms with Crippen LogP contribution in [-0.4, -0.2) is 20.7 Å². The van der Waals surface area contributed by atoms with Gasteiger partial charge < -0.3 is 4.74 Å². The van der Waals surface area contributed by atoms with Crippen LogP contribution in [0.5, 0.6) is 0 Å². The van der Waals surface area contributed by atoms with Crippen LogP contribution in [0.25, 0.3) is 6.08 Å². The molecule has 0 saturated carbocycles. The first-order valence-electron chi connectivity index (χ1n) is 6.35. The highest BCUT2D eigenvalue weighted by atomic mass is 28.3. The van der Waals surface area contributed by atoms with Gasteiger partial charge >= 0.3 is 5.97 Å². The lowest BCUT2D eigenvalue weighted by molar-refractivity contribution is -0.138. The highest BCUT2D eigenvalue weighted by Gasteiger charge is 2.20. The Bertz CT molecular complexity index is 416. The lowest BCUT2D eigenvalue weighted by atomic mass is 10.1. The van der Waals surface area contributed by atoms with E-state index >= 15 is 0 Å². The van der Waals surface area contributed by atoms with E-state index in [1.165, 1.54) is 0 Å². The summed E-state index contributed by atoms with van der Waals surface area (Å²) < 4.78 is 5.14. The van der Waals surface area contributed by atoms with Gasteiger partial charge in [-0.15, -0.1) is 0 Å². The summed E-state index contributed by atoms with van der Waals surface area (Å²) in [5.41, 5.74) is 1.85. The molecule has 0 aliphatic heterocycles. The van der Waals surface area contributed by atoms with Crippen LogP contribution in [0.2, 0.25) is 25.7 Å². The maximum atomic E-state index is 12.0. The van der Waals surface area contributed by atoms with E-state index < -0.39 is 8.07 Å². The van der Waals surface area contributed by atoms with Gasteiger partial charge in [0.2, 0.25) is 0 Å². The predicted octanol–water partition coefficient (Wildman–Crippen LogP) is 3.97. The summed E-state index contributed by atoms with van der Waals surface area (Å²) in [6, 6.07) is 10.8. The Balaban J connectivity index is 2.97. The van der Waals surface area contributed by atoms with E-state index in [0.717, 1.165) is 17.2 Å². The molecule has 0 aromatic heterocycles. The minimum Gasteiger partial charge on any atom is -0.463 e. The summed E-state index contributed by atoms with van der Waals surface area (Å²) >= 11 is 0. The quantitative estimate of drug-likeness (QED) is 0.456. The molecule has 1 rings (SSSR count). The van der Waals surface area contributed by atoms with E-state index in [9.17, 15) is 4.79 Å². The Labute approximate surface area is 111 Å². The summed E-state index contributed by atoms with van der Waals surface area (Å²) in [7, 11) is -1.34. The van der Waals surface area contributed by atoms with Crippen molar-refractivity contribution in [3.05, 3.63) is 41.5 Å². The second-order valence-electron chi connectivity index (χ2n) is 5.54. The second-order valence-corrected chi connectivity index (χ2v) is 11.0. The van der Waals surface area contributed by atoms with Crippen molar-refractivity contribution in [2.24, 2.45) is 0 Å². The molecule has 1 aromatic rings. The minimum atomic E-state index is -1.34. The van der Waals surface area contributed by atoms with Gasteiger partial charge in [-0.25, -0.2) is 4.79 Å². The van der Waals surface area contributed by atoms with Crippen LogP contribution in [0.1, 0.15) is 12.5 Å². The molecule has 2 nitrogen and oxygen atoms in total. The van der Waals surface area contributed by atoms with Crippen molar-refractivity contribution < 1.29 is 9.53 Å². The molecule has 3 heteroatoms. The summed E-state index contributed by atoms with van der Waals surface area (Å²) in [6.45, 7) is 9.03. The molecule has 0 aliphatic carbocycles. The van der Waals surface area contributed by atoms with Crippen molar-refractivity contribution in [2.75, 3.05) is 6.61 Å². The fourth-order valence-corrected chi connectivity index (χ4v) is 3.12. The summed E-state index contributed by atoms with van der Waals surface area (Å²) in [4.78, 5) is 12.0. The van der Waals surface area contributed by atoms with Gasteiger partial charge in [0.25, 0.3) is 0 Å². The van der Waals surface area contributed by atoms with E-state index in [1.807, 2.05) is 43.3 Å². The van der Waals surface area contributed by atoms with Crippen LogP contribution in [0.15, 0.2) is 35.9 Å². The highest BCUT2D eigenvalue weighted by molar-refractivity contribution is 6.77. The van der Waals surface area contributed by atoms with Gasteiger partial charge in [0, 0.05) is 13.6 Å². The molecule has 0 N–H and O–H groups in total. The van der Waals surface area contributed by atoms with E-state index in [4.69, 9.17) is 4.74 Å². The third kappa shape index (κ3) is 5.32. The average molecular weight is 262 g/mol. The van der Waals surface area contributed by atoms with Crippen molar-refractivity contribution in [3.63, 3.8) is 0 Å². The fraction of sp³-hybridized carbons (Fsp3) is 0.400. The maximum Gasteiger partial charge on any atom is 0.333 e. The van der Waals surface area contributed by atoms with Gasteiger partial charge in [0.15, 0.2) is 0 Å². The van der Waals surface area contributed by atoms with Gasteiger partial charge in [-0.05, 0) is 24.6 Å². The van der Waals surface area contributed by atoms with Crippen LogP contribution in [0.3, 0.4) is 0 Å². The Morgan fingerprint density at radius 3 is 2.33 bits per heavy atom. The van der Waals surface area contributed by atoms with E-state index in [1.54, 1.807) is 0 Å². The molecule has 0 saturated heterocycles. The van der Waals surface area contributed by atoms with Crippen molar-refractivity contribution >= 4 is 20.1 Å². The molecule has 1 aromatic carbocycles. The van der Waals surface area contributed by atoms with Crippen LogP contribution in [0, 0.1) is 0 Å². The van der Waals surface area contributed by atoms with Crippen LogP contribution in [0.4, 0.5) is 0 Å². The molecule has 0 bridgehead atoms. The normalized spacial score (nSPS) is 12.3. The van der Waals surface area contributed by atoms with Crippen LogP contribution >= 0.6 is 0 Å². The smallest absolute Gasteiger partial charge is 0.333 e. The van der Waals surface area contributed by atoms with Crippen molar-refractivity contribution in [2.45, 2.75) is 32.6 Å². The number of carbonyl (C=O) groups excluding carboxylic acids is 1. The highest BCUT2D eigenvalue weighted by Crippen LogP contribution is 2.20. The molecule has 0 aliphatic rings. The zero-order valence-electron chi connectivity index (χ0n) is 11.7. The molecule has 0 amide bonds. The molecular weight excluding hydrogens is 240 g/mol. The number of rotatable bonds is 5. The monoisotopic (exact) mass is 262 g/mol. The van der Waals surface area contributed by atoms with Crippen molar-refractivity contribution in [1.29, 1.82) is 0 Å². The van der Waals surface area contributed by atoms with Gasteiger partial charge in [-0.1, -0.05) is 50.0 Å². The zero-order valence-corrected chi connectivity index (χ0v) is 12.7. The predicted molar refractivity (Wildman–Crippen MR) is 79.2 cm³/mol. The van der Waals surface area contributed by atoms with Gasteiger partial charge in [0.1, 0.15) is 0 Å². The Hall–Kier alpha value is -1.35. The summed E-state index contributed by atoms with van der Waals surface area (Å²) in [5.74, 6) is -0.177. The first-order chi connectivity index (χ1) is 8.42. The third-order valence-electron chi connectivity index (χ3n) is 2.40. The Morgan fingerprint density at radius 2 is 1.83 bits per heavy atom. The summed E-state index contributed by atoms with van der Waals surface area (Å²) in [6.07, 6.45) is 1.95. The van der Waals surface area contributed by atoms with E-state index in [-0.39, 0.29) is 5.97 Å². The van der Waals surface area contributed by atoms with Gasteiger partial charge in [0.05, 0.1) is 6.61 Å². The molecular formula is C15H22O2Si. The fourth-order valence-electron chi connectivity index (χ4n) is 1.73. The molecule has 0 heterocycles. The van der Waals surface area contributed by atoms with Gasteiger partial charge in [-0.3, -0.25) is 0 Å². The van der Waals surface area contributed by atoms with Crippen molar-refractivity contribution in [1.82, 2.24) is 0 Å². The third-order valence-corrected chi connectivity index (χ3v) is 3.84. The van der Waals surface area contributed by atoms with Crippen LogP contribution in [-0.2, 0) is 9.53 Å². The lowest BCUT2D eigenvalue weighted by Gasteiger charge is -2.17. The standard InChI is InChI=1S/C15H22O2Si/c1-5-17-15(16)14(12-18(2,3)4)11-13-9-7-6-8-10-13/h6-11H,5,12H2,1-4H3/b14-11+. The second kappa shape index (κ2) is 6.54. The number of hydrogen-bond acceptors (Lipinski definition) is 2. The number of hydrogen-bond donors (Lipinski definition) is 0. The number of carbonyl (C=O) groups is 1. The molecule has 0 atom stereocenters.